The Hall–Kier alpha value is -0.938. The molecule has 2 aromatic carbocycles. The first-order valence-electron chi connectivity index (χ1n) is 5.52. The van der Waals surface area contributed by atoms with Gasteiger partial charge < -0.3 is 10.8 Å². The van der Waals surface area contributed by atoms with Gasteiger partial charge in [0.2, 0.25) is 0 Å². The van der Waals surface area contributed by atoms with E-state index in [1.807, 2.05) is 60.7 Å². The van der Waals surface area contributed by atoms with Crippen molar-refractivity contribution in [1.82, 2.24) is 0 Å². The van der Waals surface area contributed by atoms with Crippen molar-refractivity contribution in [3.63, 3.8) is 0 Å². The van der Waals surface area contributed by atoms with Gasteiger partial charge in [0.1, 0.15) is 0 Å². The summed E-state index contributed by atoms with van der Waals surface area (Å²) >= 11 is 0. The molecule has 0 aliphatic heterocycles. The van der Waals surface area contributed by atoms with Crippen LogP contribution in [0.4, 0.5) is 0 Å². The molecule has 0 heterocycles. The van der Waals surface area contributed by atoms with Crippen molar-refractivity contribution < 1.29 is 35.9 Å². The largest absolute Gasteiger partial charge is 2.00 e. The Morgan fingerprint density at radius 2 is 1.33 bits per heavy atom. The first-order chi connectivity index (χ1) is 8.42. The van der Waals surface area contributed by atoms with Gasteiger partial charge in [-0.2, -0.15) is 0 Å². The Labute approximate surface area is 132 Å². The Morgan fingerprint density at radius 1 is 0.889 bits per heavy atom. The maximum Gasteiger partial charge on any atom is 2.00 e. The molecule has 1 nitrogen and oxygen atoms in total. The summed E-state index contributed by atoms with van der Waals surface area (Å²) in [6.45, 7) is 3.94. The Bertz CT molecular complexity index is 414. The third kappa shape index (κ3) is 4.07. The van der Waals surface area contributed by atoms with Crippen molar-refractivity contribution in [3.05, 3.63) is 90.5 Å². The summed E-state index contributed by atoms with van der Waals surface area (Å²) in [5.41, 5.74) is 2.13. The van der Waals surface area contributed by atoms with Crippen LogP contribution in [0.15, 0.2) is 67.2 Å². The van der Waals surface area contributed by atoms with Crippen LogP contribution in [0, 0.1) is 43.3 Å². The molecule has 0 spiro atoms. The third-order valence-electron chi connectivity index (χ3n) is 2.39. The summed E-state index contributed by atoms with van der Waals surface area (Å²) in [7, 11) is 0. The maximum atomic E-state index is 5.71. The molecule has 0 unspecified atom stereocenters. The average Bonchev–Trinajstić information content (AvgIpc) is 2.42. The maximum absolute atomic E-state index is 5.71. The smallest absolute Gasteiger partial charge is 0.478 e. The van der Waals surface area contributed by atoms with Crippen LogP contribution in [0.3, 0.4) is 0 Å². The van der Waals surface area contributed by atoms with E-state index in [4.69, 9.17) is 4.74 Å². The van der Waals surface area contributed by atoms with Gasteiger partial charge >= 0.3 is 31.1 Å². The van der Waals surface area contributed by atoms with Gasteiger partial charge in [0.25, 0.3) is 0 Å². The van der Waals surface area contributed by atoms with Gasteiger partial charge in [-0.25, -0.2) is 0 Å². The minimum absolute atomic E-state index is 0. The quantitative estimate of drug-likeness (QED) is 0.620. The number of hydrogen-bond donors (Lipinski definition) is 0. The zero-order valence-corrected chi connectivity index (χ0v) is 14.3. The molecule has 0 radical (unpaired) electrons. The predicted octanol–water partition coefficient (Wildman–Crippen LogP) is 3.62. The van der Waals surface area contributed by atoms with Crippen LogP contribution in [0.5, 0.6) is 0 Å². The summed E-state index contributed by atoms with van der Waals surface area (Å²) in [5, 5.41) is 0. The molecular weight excluding hydrogens is 446 g/mol. The summed E-state index contributed by atoms with van der Waals surface area (Å²) in [4.78, 5) is 0. The van der Waals surface area contributed by atoms with Crippen molar-refractivity contribution in [2.75, 3.05) is 6.61 Å². The van der Waals surface area contributed by atoms with Crippen LogP contribution < -0.4 is 0 Å². The summed E-state index contributed by atoms with van der Waals surface area (Å²) in [6, 6.07) is 20.1. The van der Waals surface area contributed by atoms with Gasteiger partial charge in [0, 0.05) is 6.10 Å². The summed E-state index contributed by atoms with van der Waals surface area (Å²) in [5.74, 6) is 0. The van der Waals surface area contributed by atoms with E-state index in [1.165, 1.54) is 0 Å². The van der Waals surface area contributed by atoms with Crippen molar-refractivity contribution in [2.45, 2.75) is 0 Å². The molecule has 0 atom stereocenters. The second-order valence-electron chi connectivity index (χ2n) is 3.60. The van der Waals surface area contributed by atoms with Gasteiger partial charge in [-0.05, 0) is 0 Å². The average molecular weight is 460 g/mol. The van der Waals surface area contributed by atoms with Crippen LogP contribution in [-0.2, 0) is 4.74 Å². The van der Waals surface area contributed by atoms with Gasteiger partial charge in [0.05, 0.1) is 0 Å². The van der Waals surface area contributed by atoms with Crippen molar-refractivity contribution in [1.29, 1.82) is 0 Å². The van der Waals surface area contributed by atoms with Crippen LogP contribution in [0.25, 0.3) is 0 Å². The topological polar surface area (TPSA) is 9.23 Å². The normalized spacial score (nSPS) is 9.33. The summed E-state index contributed by atoms with van der Waals surface area (Å²) < 4.78 is 5.71. The first-order valence-corrected chi connectivity index (χ1v) is 5.52. The molecule has 0 aromatic heterocycles. The molecule has 2 heteroatoms. The van der Waals surface area contributed by atoms with Crippen molar-refractivity contribution in [2.24, 2.45) is 0 Å². The molecule has 0 N–H and O–H groups in total. The van der Waals surface area contributed by atoms with E-state index in [1.54, 1.807) is 0 Å². The molecule has 18 heavy (non-hydrogen) atoms. The van der Waals surface area contributed by atoms with E-state index in [2.05, 4.69) is 12.7 Å². The van der Waals surface area contributed by atoms with Crippen LogP contribution in [0.1, 0.15) is 11.1 Å². The SMILES string of the molecule is C=[C-]CO[C-](c1ccccc1)c1ccccc1.[U+2]. The first kappa shape index (κ1) is 15.1. The molecule has 2 rings (SSSR count). The fourth-order valence-corrected chi connectivity index (χ4v) is 1.64. The molecule has 0 fully saturated rings. The zero-order valence-electron chi connectivity index (χ0n) is 10.1. The second kappa shape index (κ2) is 8.21. The third-order valence-corrected chi connectivity index (χ3v) is 2.39. The van der Waals surface area contributed by atoms with Crippen molar-refractivity contribution in [3.8, 4) is 0 Å². The monoisotopic (exact) mass is 460 g/mol. The van der Waals surface area contributed by atoms with E-state index in [0.717, 1.165) is 17.2 Å². The number of ether oxygens (including phenoxy) is 1. The molecule has 0 saturated carbocycles. The fraction of sp³-hybridized carbons (Fsp3) is 0.0625. The van der Waals surface area contributed by atoms with E-state index in [9.17, 15) is 0 Å². The Balaban J connectivity index is 0.00000162. The fourth-order valence-electron chi connectivity index (χ4n) is 1.64. The van der Waals surface area contributed by atoms with E-state index < -0.39 is 0 Å². The molecule has 0 amide bonds. The Kier molecular flexibility index (Phi) is 6.90. The van der Waals surface area contributed by atoms with E-state index >= 15 is 0 Å². The molecule has 0 aliphatic carbocycles. The van der Waals surface area contributed by atoms with Crippen LogP contribution >= 0.6 is 0 Å². The van der Waals surface area contributed by atoms with Crippen molar-refractivity contribution >= 4 is 0 Å². The van der Waals surface area contributed by atoms with Gasteiger partial charge in [-0.3, -0.25) is 6.58 Å². The molecule has 0 aliphatic rings. The van der Waals surface area contributed by atoms with Gasteiger partial charge in [-0.1, -0.05) is 54.1 Å². The molecule has 0 bridgehead atoms. The zero-order chi connectivity index (χ0) is 11.9. The number of rotatable bonds is 5. The molecular formula is C16H14OU. The van der Waals surface area contributed by atoms with Gasteiger partial charge in [-0.15, -0.1) is 24.3 Å². The second-order valence-corrected chi connectivity index (χ2v) is 3.60. The summed E-state index contributed by atoms with van der Waals surface area (Å²) in [6.07, 6.45) is 3.61. The minimum Gasteiger partial charge on any atom is -0.478 e. The molecule has 88 valence electrons. The molecule has 0 saturated heterocycles. The van der Waals surface area contributed by atoms with Crippen LogP contribution in [0.2, 0.25) is 0 Å². The predicted molar refractivity (Wildman–Crippen MR) is 69.2 cm³/mol. The van der Waals surface area contributed by atoms with Gasteiger partial charge in [0.15, 0.2) is 0 Å². The standard InChI is InChI=1S/C16H14O.U/c1-2-13-17-16(14-9-5-3-6-10-14)15-11-7-4-8-12-15;/h3-12H,1,13H2;/q-2;+2. The minimum atomic E-state index is 0. The Morgan fingerprint density at radius 3 is 1.72 bits per heavy atom. The molecule has 2 aromatic rings. The van der Waals surface area contributed by atoms with E-state index in [-0.39, 0.29) is 31.1 Å². The number of benzene rings is 2. The van der Waals surface area contributed by atoms with E-state index in [0.29, 0.717) is 6.61 Å². The number of hydrogen-bond acceptors (Lipinski definition) is 1. The van der Waals surface area contributed by atoms with Crippen LogP contribution in [-0.4, -0.2) is 6.61 Å².